The van der Waals surface area contributed by atoms with E-state index in [1.165, 1.54) is 0 Å². The molecule has 0 aliphatic carbocycles. The van der Waals surface area contributed by atoms with Crippen molar-refractivity contribution in [2.75, 3.05) is 6.54 Å². The molecular formula is C12H13F2NO3. The van der Waals surface area contributed by atoms with Crippen molar-refractivity contribution in [2.45, 2.75) is 19.9 Å². The number of hydrogen-bond acceptors (Lipinski definition) is 2. The molecule has 0 unspecified atom stereocenters. The summed E-state index contributed by atoms with van der Waals surface area (Å²) in [7, 11) is 0. The highest BCUT2D eigenvalue weighted by atomic mass is 19.1. The van der Waals surface area contributed by atoms with Gasteiger partial charge in [0, 0.05) is 12.1 Å². The van der Waals surface area contributed by atoms with Crippen molar-refractivity contribution in [1.29, 1.82) is 0 Å². The van der Waals surface area contributed by atoms with E-state index in [9.17, 15) is 18.4 Å². The Morgan fingerprint density at radius 1 is 1.33 bits per heavy atom. The number of amides is 1. The third-order valence-corrected chi connectivity index (χ3v) is 2.35. The lowest BCUT2D eigenvalue weighted by molar-refractivity contribution is -0.138. The number of rotatable bonds is 4. The predicted molar refractivity (Wildman–Crippen MR) is 60.2 cm³/mol. The summed E-state index contributed by atoms with van der Waals surface area (Å²) in [5, 5.41) is 8.69. The molecule has 0 atom stereocenters. The van der Waals surface area contributed by atoms with Crippen LogP contribution in [0.5, 0.6) is 0 Å². The third kappa shape index (κ3) is 3.26. The van der Waals surface area contributed by atoms with E-state index >= 15 is 0 Å². The van der Waals surface area contributed by atoms with E-state index in [4.69, 9.17) is 5.11 Å². The van der Waals surface area contributed by atoms with Gasteiger partial charge in [0.1, 0.15) is 18.2 Å². The average Bonchev–Trinajstić information content (AvgIpc) is 2.24. The molecule has 0 saturated carbocycles. The maximum atomic E-state index is 13.4. The molecule has 0 fully saturated rings. The maximum absolute atomic E-state index is 13.4. The molecule has 0 aliphatic heterocycles. The second kappa shape index (κ2) is 5.57. The summed E-state index contributed by atoms with van der Waals surface area (Å²) in [5.74, 6) is -3.76. The summed E-state index contributed by atoms with van der Waals surface area (Å²) >= 11 is 0. The van der Waals surface area contributed by atoms with E-state index < -0.39 is 36.1 Å². The molecule has 4 nitrogen and oxygen atoms in total. The summed E-state index contributed by atoms with van der Waals surface area (Å²) < 4.78 is 26.1. The zero-order chi connectivity index (χ0) is 13.9. The number of halogens is 2. The highest BCUT2D eigenvalue weighted by Crippen LogP contribution is 2.14. The number of hydrogen-bond donors (Lipinski definition) is 1. The number of benzene rings is 1. The quantitative estimate of drug-likeness (QED) is 0.896. The topological polar surface area (TPSA) is 57.6 Å². The standard InChI is InChI=1S/C12H13F2NO3/c1-7(2)15(6-11(16)17)12(18)9-4-3-8(13)5-10(9)14/h3-5,7H,6H2,1-2H3,(H,16,17). The monoisotopic (exact) mass is 257 g/mol. The fourth-order valence-corrected chi connectivity index (χ4v) is 1.45. The number of carboxylic acid groups (broad SMARTS) is 1. The van der Waals surface area contributed by atoms with Crippen LogP contribution in [0.2, 0.25) is 0 Å². The van der Waals surface area contributed by atoms with E-state index in [1.807, 2.05) is 0 Å². The van der Waals surface area contributed by atoms with Crippen LogP contribution in [0.15, 0.2) is 18.2 Å². The first-order chi connectivity index (χ1) is 8.32. The van der Waals surface area contributed by atoms with Gasteiger partial charge in [-0.1, -0.05) is 0 Å². The summed E-state index contributed by atoms with van der Waals surface area (Å²) in [4.78, 5) is 23.6. The fourth-order valence-electron chi connectivity index (χ4n) is 1.45. The summed E-state index contributed by atoms with van der Waals surface area (Å²) in [6.45, 7) is 2.69. The van der Waals surface area contributed by atoms with Crippen LogP contribution in [-0.4, -0.2) is 34.5 Å². The minimum Gasteiger partial charge on any atom is -0.480 e. The van der Waals surface area contributed by atoms with Crippen molar-refractivity contribution in [3.05, 3.63) is 35.4 Å². The molecular weight excluding hydrogens is 244 g/mol. The molecule has 18 heavy (non-hydrogen) atoms. The van der Waals surface area contributed by atoms with Gasteiger partial charge in [-0.2, -0.15) is 0 Å². The Morgan fingerprint density at radius 3 is 2.39 bits per heavy atom. The van der Waals surface area contributed by atoms with Crippen LogP contribution in [0.3, 0.4) is 0 Å². The van der Waals surface area contributed by atoms with E-state index in [0.29, 0.717) is 6.07 Å². The van der Waals surface area contributed by atoms with Crippen molar-refractivity contribution in [3.8, 4) is 0 Å². The minimum atomic E-state index is -1.19. The highest BCUT2D eigenvalue weighted by Gasteiger charge is 2.23. The Hall–Kier alpha value is -1.98. The first-order valence-electron chi connectivity index (χ1n) is 5.30. The molecule has 98 valence electrons. The van der Waals surface area contributed by atoms with Gasteiger partial charge in [0.05, 0.1) is 5.56 Å². The molecule has 0 bridgehead atoms. The van der Waals surface area contributed by atoms with Crippen LogP contribution in [-0.2, 0) is 4.79 Å². The van der Waals surface area contributed by atoms with Crippen LogP contribution < -0.4 is 0 Å². The zero-order valence-electron chi connectivity index (χ0n) is 9.98. The molecule has 1 rings (SSSR count). The van der Waals surface area contributed by atoms with Crippen molar-refractivity contribution < 1.29 is 23.5 Å². The number of carboxylic acids is 1. The largest absolute Gasteiger partial charge is 0.480 e. The zero-order valence-corrected chi connectivity index (χ0v) is 9.98. The molecule has 0 aromatic heterocycles. The molecule has 0 saturated heterocycles. The molecule has 1 aromatic rings. The molecule has 0 spiro atoms. The molecule has 6 heteroatoms. The predicted octanol–water partition coefficient (Wildman–Crippen LogP) is 1.90. The number of carbonyl (C=O) groups is 2. The van der Waals surface area contributed by atoms with Crippen LogP contribution in [0.1, 0.15) is 24.2 Å². The third-order valence-electron chi connectivity index (χ3n) is 2.35. The van der Waals surface area contributed by atoms with Gasteiger partial charge in [0.2, 0.25) is 0 Å². The van der Waals surface area contributed by atoms with Gasteiger partial charge in [0.15, 0.2) is 0 Å². The van der Waals surface area contributed by atoms with Gasteiger partial charge in [-0.15, -0.1) is 0 Å². The maximum Gasteiger partial charge on any atom is 0.323 e. The van der Waals surface area contributed by atoms with Crippen molar-refractivity contribution in [3.63, 3.8) is 0 Å². The first-order valence-corrected chi connectivity index (χ1v) is 5.30. The second-order valence-corrected chi connectivity index (χ2v) is 4.04. The Bertz CT molecular complexity index is 474. The van der Waals surface area contributed by atoms with Crippen LogP contribution in [0.4, 0.5) is 8.78 Å². The van der Waals surface area contributed by atoms with Crippen molar-refractivity contribution in [2.24, 2.45) is 0 Å². The van der Waals surface area contributed by atoms with E-state index in [-0.39, 0.29) is 5.56 Å². The summed E-state index contributed by atoms with van der Waals surface area (Å²) in [5.41, 5.74) is -0.341. The smallest absolute Gasteiger partial charge is 0.323 e. The van der Waals surface area contributed by atoms with Crippen LogP contribution in [0, 0.1) is 11.6 Å². The van der Waals surface area contributed by atoms with Gasteiger partial charge in [0.25, 0.3) is 5.91 Å². The lowest BCUT2D eigenvalue weighted by Gasteiger charge is -2.25. The lowest BCUT2D eigenvalue weighted by Crippen LogP contribution is -2.41. The summed E-state index contributed by atoms with van der Waals surface area (Å²) in [6.07, 6.45) is 0. The minimum absolute atomic E-state index is 0.341. The molecule has 0 aliphatic rings. The molecule has 0 heterocycles. The lowest BCUT2D eigenvalue weighted by atomic mass is 10.1. The normalized spacial score (nSPS) is 10.5. The fraction of sp³-hybridized carbons (Fsp3) is 0.333. The Morgan fingerprint density at radius 2 is 1.94 bits per heavy atom. The number of nitrogens with zero attached hydrogens (tertiary/aromatic N) is 1. The average molecular weight is 257 g/mol. The molecule has 0 radical (unpaired) electrons. The van der Waals surface area contributed by atoms with Crippen molar-refractivity contribution in [1.82, 2.24) is 4.90 Å². The highest BCUT2D eigenvalue weighted by molar-refractivity contribution is 5.96. The van der Waals surface area contributed by atoms with E-state index in [0.717, 1.165) is 17.0 Å². The molecule has 1 N–H and O–H groups in total. The first kappa shape index (κ1) is 14.1. The van der Waals surface area contributed by atoms with Gasteiger partial charge in [-0.3, -0.25) is 9.59 Å². The number of carbonyl (C=O) groups excluding carboxylic acids is 1. The second-order valence-electron chi connectivity index (χ2n) is 4.04. The van der Waals surface area contributed by atoms with Crippen LogP contribution >= 0.6 is 0 Å². The van der Waals surface area contributed by atoms with Gasteiger partial charge in [-0.05, 0) is 26.0 Å². The summed E-state index contributed by atoms with van der Waals surface area (Å²) in [6, 6.07) is 2.14. The van der Waals surface area contributed by atoms with Gasteiger partial charge >= 0.3 is 5.97 Å². The Labute approximate surface area is 103 Å². The number of aliphatic carboxylic acids is 1. The van der Waals surface area contributed by atoms with Crippen molar-refractivity contribution >= 4 is 11.9 Å². The van der Waals surface area contributed by atoms with E-state index in [2.05, 4.69) is 0 Å². The van der Waals surface area contributed by atoms with Gasteiger partial charge in [-0.25, -0.2) is 8.78 Å². The SMILES string of the molecule is CC(C)N(CC(=O)O)C(=O)c1ccc(F)cc1F. The Balaban J connectivity index is 3.05. The van der Waals surface area contributed by atoms with Crippen LogP contribution in [0.25, 0.3) is 0 Å². The molecule has 1 amide bonds. The molecule has 1 aromatic carbocycles. The van der Waals surface area contributed by atoms with E-state index in [1.54, 1.807) is 13.8 Å². The van der Waals surface area contributed by atoms with Gasteiger partial charge < -0.3 is 10.0 Å². The Kier molecular flexibility index (Phi) is 4.36.